The molecule has 6 rings (SSSR count). The molecule has 32 nitrogen and oxygen atoms in total. The normalized spacial score (nSPS) is 25.7. The summed E-state index contributed by atoms with van der Waals surface area (Å²) in [7, 11) is 1.67. The lowest BCUT2D eigenvalue weighted by Crippen LogP contribution is -2.64. The molecule has 3 aromatic rings. The van der Waals surface area contributed by atoms with Crippen LogP contribution in [-0.4, -0.2) is 226 Å². The van der Waals surface area contributed by atoms with E-state index in [1.54, 1.807) is 13.2 Å². The Morgan fingerprint density at radius 2 is 1.52 bits per heavy atom. The molecule has 0 spiro atoms. The van der Waals surface area contributed by atoms with Gasteiger partial charge in [0, 0.05) is 63.7 Å². The van der Waals surface area contributed by atoms with Crippen LogP contribution in [0.3, 0.4) is 0 Å². The molecule has 3 fully saturated rings. The predicted octanol–water partition coefficient (Wildman–Crippen LogP) is -2.87. The maximum atomic E-state index is 14.6. The van der Waals surface area contributed by atoms with Gasteiger partial charge in [-0.1, -0.05) is 52.3 Å². The summed E-state index contributed by atoms with van der Waals surface area (Å²) in [6.45, 7) is 1.97. The number of hydrogen-bond acceptors (Lipinski definition) is 26. The minimum Gasteiger partial charge on any atom is -0.504 e. The van der Waals surface area contributed by atoms with E-state index in [2.05, 4.69) is 46.2 Å². The number of phenolic OH excluding ortho intramolecular Hbond substituents is 1. The Balaban J connectivity index is 1.28. The Labute approximate surface area is 517 Å². The highest BCUT2D eigenvalue weighted by Gasteiger charge is 2.50. The van der Waals surface area contributed by atoms with Crippen LogP contribution in [-0.2, 0) is 52.5 Å². The van der Waals surface area contributed by atoms with Gasteiger partial charge >= 0.3 is 0 Å². The number of rotatable bonds is 24. The number of nitrogens with one attached hydrogen (secondary N) is 5. The van der Waals surface area contributed by atoms with Crippen LogP contribution >= 0.6 is 23.7 Å². The second kappa shape index (κ2) is 33.9. The third kappa shape index (κ3) is 19.8. The van der Waals surface area contributed by atoms with Crippen LogP contribution in [0.15, 0.2) is 60.7 Å². The predicted molar refractivity (Wildman–Crippen MR) is 311 cm³/mol. The molecule has 34 heteroatoms. The molecule has 488 valence electrons. The molecule has 1 aromatic heterocycles. The standard InChI is InChI=1S/C55H74N10O22S2/c1-27-25-65-45(46(27)73)52(79)57-24-31(67)21-34(58-40(72)10-6-7-11-41-62-63-53(88-41)29-12-15-33(16-13-29)84-19-9-5-4-8-18-83-3)49(76)59-42(28(2)66)54(80)64-26-32(68)22-35(64)50(77)61-44(51(78)60-43(55(65)81)37(70)23-39(56)71)48(75)47(74)30-14-17-36(69)38(20-30)85-89-87-86-82/h6-7,10-17,20,27-28,31-32,34-35,37,42-48,66-70,73-75,82H,4-5,8-9,18-19,21-26H2,1-3H3,(H2,56,71)(H,57,79)(H,58,72)(H,59,76)(H,60,78)(H,61,77)/b10-6+,11-7+/t27?,28?,31?,32?,34-,35?,37?,42?,43?,44?,45?,46?,47?,48?/m0/s1. The summed E-state index contributed by atoms with van der Waals surface area (Å²) in [5.74, 6) is -11.3. The summed E-state index contributed by atoms with van der Waals surface area (Å²) in [5.41, 5.74) is 5.80. The number of aliphatic hydroxyl groups excluding tert-OH is 7. The number of aromatic nitrogens is 2. The summed E-state index contributed by atoms with van der Waals surface area (Å²) in [4.78, 5) is 114. The van der Waals surface area contributed by atoms with Gasteiger partial charge in [0.05, 0.1) is 43.5 Å². The second-order valence-corrected chi connectivity index (χ2v) is 22.8. The number of nitrogens with zero attached hydrogens (tertiary/aromatic N) is 4. The second-order valence-electron chi connectivity index (χ2n) is 21.3. The van der Waals surface area contributed by atoms with Crippen molar-refractivity contribution in [2.24, 2.45) is 11.7 Å². The fourth-order valence-corrected chi connectivity index (χ4v) is 11.0. The molecular weight excluding hydrogens is 1220 g/mol. The number of hydrogen-bond donors (Lipinski definition) is 15. The molecule has 2 aromatic carbocycles. The lowest BCUT2D eigenvalue weighted by atomic mass is 9.96. The van der Waals surface area contributed by atoms with Crippen molar-refractivity contribution >= 4 is 77.0 Å². The molecule has 0 saturated carbocycles. The number of carbonyl (C=O) groups excluding carboxylic acids is 8. The van der Waals surface area contributed by atoms with Gasteiger partial charge in [-0.15, -0.1) is 10.2 Å². The Morgan fingerprint density at radius 3 is 2.20 bits per heavy atom. The van der Waals surface area contributed by atoms with E-state index >= 15 is 0 Å². The molecule has 3 aliphatic rings. The molecular formula is C55H74N10O22S2. The van der Waals surface area contributed by atoms with Crippen LogP contribution in [0.25, 0.3) is 16.6 Å². The average Bonchev–Trinajstić information content (AvgIpc) is 3.24. The quantitative estimate of drug-likeness (QED) is 0.0107. The van der Waals surface area contributed by atoms with Crippen LogP contribution in [0.1, 0.15) is 75.5 Å². The molecule has 89 heavy (non-hydrogen) atoms. The molecule has 0 bridgehead atoms. The van der Waals surface area contributed by atoms with E-state index in [0.717, 1.165) is 78.9 Å². The number of nitrogens with two attached hydrogens (primary N) is 1. The van der Waals surface area contributed by atoms with E-state index in [0.29, 0.717) is 22.4 Å². The van der Waals surface area contributed by atoms with Crippen molar-refractivity contribution in [3.8, 4) is 27.8 Å². The molecule has 0 radical (unpaired) electrons. The zero-order chi connectivity index (χ0) is 65.1. The van der Waals surface area contributed by atoms with Crippen molar-refractivity contribution in [2.75, 3.05) is 40.0 Å². The minimum absolute atomic E-state index is 0.0252. The van der Waals surface area contributed by atoms with Gasteiger partial charge in [-0.2, -0.15) is 0 Å². The Hall–Kier alpha value is -7.45. The molecule has 16 N–H and O–H groups in total. The molecule has 8 amide bonds. The van der Waals surface area contributed by atoms with Crippen LogP contribution in [0, 0.1) is 5.92 Å². The number of amides is 8. The summed E-state index contributed by atoms with van der Waals surface area (Å²) < 4.78 is 20.1. The van der Waals surface area contributed by atoms with E-state index in [-0.39, 0.29) is 17.9 Å². The number of unbranched alkanes of at least 4 members (excludes halogenated alkanes) is 3. The monoisotopic (exact) mass is 1290 g/mol. The van der Waals surface area contributed by atoms with Gasteiger partial charge in [0.2, 0.25) is 47.3 Å². The third-order valence-corrected chi connectivity index (χ3v) is 15.9. The number of β-amino-alcohol motifs (C(OH)–C–C–N with tert-alkyl or cyclic N) is 1. The number of phenols is 1. The van der Waals surface area contributed by atoms with E-state index in [1.165, 1.54) is 30.4 Å². The molecule has 14 atom stereocenters. The maximum absolute atomic E-state index is 14.6. The SMILES string of the molecule is COCCCCCCOc1ccc(-c2nnc(/C=C/C=C/C(=O)N[C@H]3CC(O)CNC(=O)C4C(O)C(C)CN4C(=O)C(C(O)CC(N)=O)NC(=O)C(C(O)C(O)c4ccc(O)c(OSOOO)c4)NC(=O)C4CC(O)CN4C(=O)C(C(C)O)NC3=O)s2)cc1. The van der Waals surface area contributed by atoms with Gasteiger partial charge in [-0.25, -0.2) is 5.26 Å². The van der Waals surface area contributed by atoms with Crippen molar-refractivity contribution in [3.05, 3.63) is 71.3 Å². The van der Waals surface area contributed by atoms with Crippen molar-refractivity contribution in [2.45, 2.75) is 138 Å². The first-order valence-electron chi connectivity index (χ1n) is 28.1. The van der Waals surface area contributed by atoms with Crippen LogP contribution < -0.4 is 41.2 Å². The lowest BCUT2D eigenvalue weighted by molar-refractivity contribution is -0.433. The van der Waals surface area contributed by atoms with Gasteiger partial charge in [-0.3, -0.25) is 38.4 Å². The molecule has 4 heterocycles. The fraction of sp³-hybridized carbons (Fsp3) is 0.527. The zero-order valence-electron chi connectivity index (χ0n) is 48.4. The highest BCUT2D eigenvalue weighted by Crippen LogP contribution is 2.34. The largest absolute Gasteiger partial charge is 0.504 e. The Bertz CT molecular complexity index is 2980. The van der Waals surface area contributed by atoms with E-state index in [1.807, 2.05) is 24.3 Å². The van der Waals surface area contributed by atoms with Crippen molar-refractivity contribution in [3.63, 3.8) is 0 Å². The number of primary amides is 1. The van der Waals surface area contributed by atoms with Crippen molar-refractivity contribution < 1.29 is 107 Å². The number of ether oxygens (including phenoxy) is 2. The summed E-state index contributed by atoms with van der Waals surface area (Å²) in [6, 6.07) is -2.00. The van der Waals surface area contributed by atoms with Crippen LogP contribution in [0.4, 0.5) is 0 Å². The Kier molecular flexibility index (Phi) is 26.9. The number of aromatic hydroxyl groups is 1. The van der Waals surface area contributed by atoms with Gasteiger partial charge in [0.1, 0.15) is 64.2 Å². The average molecular weight is 1290 g/mol. The van der Waals surface area contributed by atoms with Crippen molar-refractivity contribution in [1.82, 2.24) is 46.6 Å². The molecule has 13 unspecified atom stereocenters. The Morgan fingerprint density at radius 1 is 0.831 bits per heavy atom. The summed E-state index contributed by atoms with van der Waals surface area (Å²) in [6.07, 6.45) is -6.84. The highest BCUT2D eigenvalue weighted by molar-refractivity contribution is 7.90. The summed E-state index contributed by atoms with van der Waals surface area (Å²) >= 11 is 1.22. The van der Waals surface area contributed by atoms with E-state index in [4.69, 9.17) is 24.6 Å². The number of benzene rings is 2. The maximum Gasteiger partial charge on any atom is 0.261 e. The van der Waals surface area contributed by atoms with Gasteiger partial charge < -0.3 is 96.6 Å². The minimum atomic E-state index is -2.53. The van der Waals surface area contributed by atoms with Gasteiger partial charge in [0.25, 0.3) is 12.3 Å². The number of fused-ring (bicyclic) bond motifs is 2. The number of carbonyl (C=O) groups is 8. The van der Waals surface area contributed by atoms with E-state index < -0.39 is 183 Å². The first kappa shape index (κ1) is 70.6. The molecule has 3 aliphatic heterocycles. The first-order chi connectivity index (χ1) is 42.4. The third-order valence-electron chi connectivity index (χ3n) is 14.6. The van der Waals surface area contributed by atoms with E-state index in [9.17, 15) is 79.2 Å². The van der Waals surface area contributed by atoms with Gasteiger partial charge in [-0.05, 0) is 74.2 Å². The zero-order valence-corrected chi connectivity index (χ0v) is 50.1. The fourth-order valence-electron chi connectivity index (χ4n) is 9.94. The van der Waals surface area contributed by atoms with Crippen molar-refractivity contribution in [1.29, 1.82) is 0 Å². The number of methoxy groups -OCH3 is 1. The molecule has 3 saturated heterocycles. The summed E-state index contributed by atoms with van der Waals surface area (Å²) in [5, 5.41) is 123. The highest BCUT2D eigenvalue weighted by atomic mass is 32.2. The number of allylic oxidation sites excluding steroid dienone is 2. The first-order valence-corrected chi connectivity index (χ1v) is 29.6. The topological polar surface area (TPSA) is 483 Å². The lowest BCUT2D eigenvalue weighted by Gasteiger charge is -2.34. The van der Waals surface area contributed by atoms with Gasteiger partial charge in [0.15, 0.2) is 11.5 Å². The number of aliphatic hydroxyl groups is 7. The molecule has 0 aliphatic carbocycles. The smallest absolute Gasteiger partial charge is 0.261 e. The van der Waals surface area contributed by atoms with Crippen LogP contribution in [0.2, 0.25) is 0 Å². The van der Waals surface area contributed by atoms with Crippen LogP contribution in [0.5, 0.6) is 17.2 Å².